The van der Waals surface area contributed by atoms with Gasteiger partial charge in [-0.15, -0.1) is 11.3 Å². The molecule has 0 radical (unpaired) electrons. The van der Waals surface area contributed by atoms with Crippen LogP contribution in [0, 0.1) is 0 Å². The maximum atomic E-state index is 12.5. The van der Waals surface area contributed by atoms with Crippen molar-refractivity contribution in [2.24, 2.45) is 0 Å². The van der Waals surface area contributed by atoms with Crippen molar-refractivity contribution in [1.29, 1.82) is 0 Å². The van der Waals surface area contributed by atoms with Crippen molar-refractivity contribution in [2.75, 3.05) is 0 Å². The van der Waals surface area contributed by atoms with Crippen molar-refractivity contribution in [3.8, 4) is 0 Å². The number of fused-ring (bicyclic) bond motifs is 1. The van der Waals surface area contributed by atoms with E-state index in [0.29, 0.717) is 0 Å². The van der Waals surface area contributed by atoms with Gasteiger partial charge in [-0.05, 0) is 36.9 Å². The molecule has 0 aliphatic carbocycles. The average Bonchev–Trinajstić information content (AvgIpc) is 3.32. The molecule has 1 aliphatic heterocycles. The maximum Gasteiger partial charge on any atom is 0.239 e. The maximum absolute atomic E-state index is 12.5. The molecular formula is C18H19N3O2S. The van der Waals surface area contributed by atoms with E-state index in [9.17, 15) is 4.79 Å². The highest BCUT2D eigenvalue weighted by atomic mass is 32.1. The van der Waals surface area contributed by atoms with E-state index in [1.807, 2.05) is 48.7 Å². The lowest BCUT2D eigenvalue weighted by atomic mass is 10.1. The Morgan fingerprint density at radius 2 is 2.17 bits per heavy atom. The molecule has 3 unspecified atom stereocenters. The molecule has 5 nitrogen and oxygen atoms in total. The highest BCUT2D eigenvalue weighted by Gasteiger charge is 2.31. The molecule has 1 aromatic carbocycles. The first kappa shape index (κ1) is 15.4. The number of para-hydroxylation sites is 1. The molecule has 6 heteroatoms. The summed E-state index contributed by atoms with van der Waals surface area (Å²) in [6.07, 6.45) is 0.735. The third-order valence-corrected chi connectivity index (χ3v) is 5.32. The van der Waals surface area contributed by atoms with Crippen LogP contribution in [0.3, 0.4) is 0 Å². The molecule has 0 bridgehead atoms. The normalized spacial score (nSPS) is 21.9. The summed E-state index contributed by atoms with van der Waals surface area (Å²) in [5, 5.41) is 6.13. The van der Waals surface area contributed by atoms with Crippen LogP contribution >= 0.6 is 11.3 Å². The van der Waals surface area contributed by atoms with Crippen LogP contribution < -0.4 is 16.2 Å². The Bertz CT molecular complexity index is 810. The average molecular weight is 341 g/mol. The minimum atomic E-state index is -0.246. The number of nitrogens with one attached hydrogen (secondary N) is 3. The van der Waals surface area contributed by atoms with Crippen molar-refractivity contribution in [2.45, 2.75) is 31.5 Å². The van der Waals surface area contributed by atoms with Crippen molar-refractivity contribution in [3.05, 3.63) is 58.5 Å². The Labute approximate surface area is 144 Å². The van der Waals surface area contributed by atoms with Gasteiger partial charge in [0, 0.05) is 10.3 Å². The van der Waals surface area contributed by atoms with Crippen molar-refractivity contribution in [1.82, 2.24) is 16.2 Å². The highest BCUT2D eigenvalue weighted by molar-refractivity contribution is 7.10. The van der Waals surface area contributed by atoms with Gasteiger partial charge in [-0.1, -0.05) is 24.3 Å². The van der Waals surface area contributed by atoms with Gasteiger partial charge in [0.05, 0.1) is 12.1 Å². The largest absolute Gasteiger partial charge is 0.459 e. The molecule has 1 aliphatic rings. The van der Waals surface area contributed by atoms with Gasteiger partial charge in [-0.2, -0.15) is 0 Å². The van der Waals surface area contributed by atoms with Crippen LogP contribution in [-0.2, 0) is 4.79 Å². The van der Waals surface area contributed by atoms with E-state index >= 15 is 0 Å². The molecule has 2 aromatic heterocycles. The number of carbonyl (C=O) groups excluding carboxylic acids is 1. The molecule has 0 saturated carbocycles. The summed E-state index contributed by atoms with van der Waals surface area (Å²) < 4.78 is 5.82. The van der Waals surface area contributed by atoms with Gasteiger partial charge in [0.2, 0.25) is 5.91 Å². The molecular weight excluding hydrogens is 322 g/mol. The standard InChI is InChI=1S/C18H19N3O2S/c1-11(16-9-12-5-2-3-6-15(12)23-16)19-18(22)14-10-13(20-21-14)17-7-4-8-24-17/h2-9,11,13-14,20-21H,10H2,1H3,(H,19,22). The number of carbonyl (C=O) groups is 1. The number of hydrazine groups is 1. The van der Waals surface area contributed by atoms with Gasteiger partial charge < -0.3 is 9.73 Å². The van der Waals surface area contributed by atoms with Gasteiger partial charge in [0.25, 0.3) is 0 Å². The van der Waals surface area contributed by atoms with Gasteiger partial charge in [0.15, 0.2) is 0 Å². The van der Waals surface area contributed by atoms with E-state index in [2.05, 4.69) is 22.2 Å². The third-order valence-electron chi connectivity index (χ3n) is 4.34. The molecule has 3 heterocycles. The van der Waals surface area contributed by atoms with Crippen LogP contribution in [0.25, 0.3) is 11.0 Å². The Balaban J connectivity index is 1.40. The molecule has 1 fully saturated rings. The van der Waals surface area contributed by atoms with Crippen LogP contribution in [0.5, 0.6) is 0 Å². The molecule has 0 spiro atoms. The van der Waals surface area contributed by atoms with Crippen molar-refractivity contribution in [3.63, 3.8) is 0 Å². The van der Waals surface area contributed by atoms with Gasteiger partial charge in [-0.3, -0.25) is 4.79 Å². The van der Waals surface area contributed by atoms with E-state index in [0.717, 1.165) is 23.2 Å². The SMILES string of the molecule is CC(NC(=O)C1CC(c2cccs2)NN1)c1cc2ccccc2o1. The lowest BCUT2D eigenvalue weighted by Gasteiger charge is -2.15. The van der Waals surface area contributed by atoms with E-state index in [-0.39, 0.29) is 24.0 Å². The lowest BCUT2D eigenvalue weighted by molar-refractivity contribution is -0.123. The van der Waals surface area contributed by atoms with E-state index in [1.54, 1.807) is 11.3 Å². The number of hydrogen-bond acceptors (Lipinski definition) is 5. The van der Waals surface area contributed by atoms with Gasteiger partial charge in [-0.25, -0.2) is 10.9 Å². The minimum Gasteiger partial charge on any atom is -0.459 e. The minimum absolute atomic E-state index is 0.0190. The molecule has 124 valence electrons. The van der Waals surface area contributed by atoms with E-state index < -0.39 is 0 Å². The third kappa shape index (κ3) is 2.96. The summed E-state index contributed by atoms with van der Waals surface area (Å²) in [5.41, 5.74) is 7.13. The second kappa shape index (κ2) is 6.39. The van der Waals surface area contributed by atoms with Crippen molar-refractivity contribution >= 4 is 28.2 Å². The van der Waals surface area contributed by atoms with Crippen molar-refractivity contribution < 1.29 is 9.21 Å². The summed E-state index contributed by atoms with van der Waals surface area (Å²) in [5.74, 6) is 0.750. The fraction of sp³-hybridized carbons (Fsp3) is 0.278. The molecule has 24 heavy (non-hydrogen) atoms. The predicted octanol–water partition coefficient (Wildman–Crippen LogP) is 3.28. The number of benzene rings is 1. The fourth-order valence-electron chi connectivity index (χ4n) is 3.01. The van der Waals surface area contributed by atoms with Crippen LogP contribution in [0.15, 0.2) is 52.3 Å². The van der Waals surface area contributed by atoms with Gasteiger partial charge >= 0.3 is 0 Å². The molecule has 1 saturated heterocycles. The summed E-state index contributed by atoms with van der Waals surface area (Å²) in [7, 11) is 0. The molecule has 3 aromatic rings. The Hall–Kier alpha value is -2.15. The van der Waals surface area contributed by atoms with E-state index in [1.165, 1.54) is 4.88 Å². The molecule has 1 amide bonds. The second-order valence-corrected chi connectivity index (χ2v) is 7.04. The Morgan fingerprint density at radius 3 is 2.96 bits per heavy atom. The van der Waals surface area contributed by atoms with Crippen LogP contribution in [0.4, 0.5) is 0 Å². The summed E-state index contributed by atoms with van der Waals surface area (Å²) in [6, 6.07) is 13.7. The van der Waals surface area contributed by atoms with Gasteiger partial charge in [0.1, 0.15) is 17.4 Å². The number of rotatable bonds is 4. The molecule has 3 atom stereocenters. The molecule has 4 rings (SSSR count). The first-order valence-electron chi connectivity index (χ1n) is 8.04. The second-order valence-electron chi connectivity index (χ2n) is 6.06. The zero-order valence-electron chi connectivity index (χ0n) is 13.3. The highest BCUT2D eigenvalue weighted by Crippen LogP contribution is 2.27. The number of hydrogen-bond donors (Lipinski definition) is 3. The lowest BCUT2D eigenvalue weighted by Crippen LogP contribution is -2.43. The number of furan rings is 1. The number of thiophene rings is 1. The zero-order valence-corrected chi connectivity index (χ0v) is 14.1. The fourth-order valence-corrected chi connectivity index (χ4v) is 3.80. The van der Waals surface area contributed by atoms with Crippen LogP contribution in [-0.4, -0.2) is 11.9 Å². The first-order chi connectivity index (χ1) is 11.7. The Morgan fingerprint density at radius 1 is 1.29 bits per heavy atom. The quantitative estimate of drug-likeness (QED) is 0.681. The monoisotopic (exact) mass is 341 g/mol. The Kier molecular flexibility index (Phi) is 4.10. The first-order valence-corrected chi connectivity index (χ1v) is 8.92. The van der Waals surface area contributed by atoms with Crippen LogP contribution in [0.2, 0.25) is 0 Å². The summed E-state index contributed by atoms with van der Waals surface area (Å²) in [6.45, 7) is 1.94. The predicted molar refractivity (Wildman–Crippen MR) is 94.5 cm³/mol. The van der Waals surface area contributed by atoms with E-state index in [4.69, 9.17) is 4.42 Å². The number of amides is 1. The summed E-state index contributed by atoms with van der Waals surface area (Å²) >= 11 is 1.70. The molecule has 3 N–H and O–H groups in total. The zero-order chi connectivity index (χ0) is 16.5. The topological polar surface area (TPSA) is 66.3 Å². The summed E-state index contributed by atoms with van der Waals surface area (Å²) in [4.78, 5) is 13.7. The van der Waals surface area contributed by atoms with Crippen LogP contribution in [0.1, 0.15) is 36.1 Å². The smallest absolute Gasteiger partial charge is 0.239 e.